The molecule has 1 fully saturated rings. The smallest absolute Gasteiger partial charge is 0.229 e. The first-order valence-corrected chi connectivity index (χ1v) is 10.1. The van der Waals surface area contributed by atoms with Crippen LogP contribution in [0.15, 0.2) is 30.3 Å². The number of fused-ring (bicyclic) bond motifs is 1. The SMILES string of the molecule is COc1ccc(C2CC(=O)c3c(O)cc(O[C@@H]4OC(CO)[C@@H](O)C(O)C4O)cc3O2)cc1O. The molecule has 1 saturated heterocycles. The van der Waals surface area contributed by atoms with Crippen molar-refractivity contribution in [1.29, 1.82) is 0 Å². The highest BCUT2D eigenvalue weighted by atomic mass is 16.7. The Kier molecular flexibility index (Phi) is 6.32. The van der Waals surface area contributed by atoms with Gasteiger partial charge in [-0.25, -0.2) is 0 Å². The first-order chi connectivity index (χ1) is 15.7. The van der Waals surface area contributed by atoms with E-state index < -0.39 is 54.9 Å². The molecule has 0 radical (unpaired) electrons. The summed E-state index contributed by atoms with van der Waals surface area (Å²) in [7, 11) is 1.41. The number of aliphatic hydroxyl groups excluding tert-OH is 4. The number of aromatic hydroxyl groups is 2. The summed E-state index contributed by atoms with van der Waals surface area (Å²) < 4.78 is 21.7. The van der Waals surface area contributed by atoms with E-state index in [-0.39, 0.29) is 35.0 Å². The molecule has 2 aliphatic rings. The summed E-state index contributed by atoms with van der Waals surface area (Å²) in [4.78, 5) is 12.7. The second-order valence-electron chi connectivity index (χ2n) is 7.80. The van der Waals surface area contributed by atoms with Crippen LogP contribution in [-0.2, 0) is 4.74 Å². The van der Waals surface area contributed by atoms with Crippen molar-refractivity contribution in [2.24, 2.45) is 0 Å². The summed E-state index contributed by atoms with van der Waals surface area (Å²) in [6.45, 7) is -0.631. The van der Waals surface area contributed by atoms with Crippen molar-refractivity contribution in [3.05, 3.63) is 41.5 Å². The average molecular weight is 464 g/mol. The number of rotatable bonds is 5. The first kappa shape index (κ1) is 23.1. The van der Waals surface area contributed by atoms with Crippen LogP contribution >= 0.6 is 0 Å². The van der Waals surface area contributed by atoms with Crippen LogP contribution in [-0.4, -0.2) is 80.8 Å². The van der Waals surface area contributed by atoms with Crippen LogP contribution in [0, 0.1) is 0 Å². The molecule has 0 aromatic heterocycles. The normalized spacial score (nSPS) is 29.2. The molecule has 2 aromatic carbocycles. The minimum Gasteiger partial charge on any atom is -0.507 e. The Labute approximate surface area is 188 Å². The first-order valence-electron chi connectivity index (χ1n) is 10.1. The van der Waals surface area contributed by atoms with Crippen LogP contribution in [0.2, 0.25) is 0 Å². The molecule has 0 aliphatic carbocycles. The molecule has 2 aromatic rings. The van der Waals surface area contributed by atoms with Crippen LogP contribution in [0.4, 0.5) is 0 Å². The molecular weight excluding hydrogens is 440 g/mol. The van der Waals surface area contributed by atoms with Crippen LogP contribution in [0.25, 0.3) is 0 Å². The van der Waals surface area contributed by atoms with Crippen molar-refractivity contribution in [3.63, 3.8) is 0 Å². The predicted molar refractivity (Wildman–Crippen MR) is 109 cm³/mol. The zero-order valence-electron chi connectivity index (χ0n) is 17.5. The Morgan fingerprint density at radius 3 is 2.45 bits per heavy atom. The van der Waals surface area contributed by atoms with Crippen LogP contribution < -0.4 is 14.2 Å². The highest BCUT2D eigenvalue weighted by molar-refractivity contribution is 6.02. The van der Waals surface area contributed by atoms with Crippen molar-refractivity contribution in [3.8, 4) is 28.7 Å². The molecule has 0 spiro atoms. The lowest BCUT2D eigenvalue weighted by Crippen LogP contribution is -2.60. The number of carbonyl (C=O) groups is 1. The molecule has 0 saturated carbocycles. The van der Waals surface area contributed by atoms with Crippen molar-refractivity contribution in [1.82, 2.24) is 0 Å². The Balaban J connectivity index is 1.60. The quantitative estimate of drug-likeness (QED) is 0.351. The molecule has 178 valence electrons. The molecule has 6 atom stereocenters. The number of carbonyl (C=O) groups excluding carboxylic acids is 1. The van der Waals surface area contributed by atoms with Gasteiger partial charge in [-0.1, -0.05) is 6.07 Å². The largest absolute Gasteiger partial charge is 0.507 e. The predicted octanol–water partition coefficient (Wildman–Crippen LogP) is -0.00840. The second-order valence-corrected chi connectivity index (χ2v) is 7.80. The van der Waals surface area contributed by atoms with Gasteiger partial charge in [-0.05, 0) is 17.7 Å². The summed E-state index contributed by atoms with van der Waals surface area (Å²) in [6, 6.07) is 7.01. The standard InChI is InChI=1S/C22H24O11/c1-30-14-3-2-9(4-11(14)24)15-7-13(26)18-12(25)5-10(6-16(18)32-15)31-22-21(29)20(28)19(27)17(8-23)33-22/h2-6,15,17,19-25,27-29H,7-8H2,1H3/t15?,17?,19-,20?,21?,22-/m1/s1. The van der Waals surface area contributed by atoms with Gasteiger partial charge in [0.05, 0.1) is 20.1 Å². The van der Waals surface area contributed by atoms with E-state index in [1.807, 2.05) is 0 Å². The molecule has 11 nitrogen and oxygen atoms in total. The van der Waals surface area contributed by atoms with Gasteiger partial charge in [0.15, 0.2) is 17.3 Å². The van der Waals surface area contributed by atoms with Crippen molar-refractivity contribution in [2.75, 3.05) is 13.7 Å². The number of phenolic OH excluding ortho intramolecular Hbond substituents is 2. The Hall–Kier alpha value is -3.09. The maximum Gasteiger partial charge on any atom is 0.229 e. The highest BCUT2D eigenvalue weighted by Crippen LogP contribution is 2.43. The molecule has 0 bridgehead atoms. The lowest BCUT2D eigenvalue weighted by Gasteiger charge is -2.39. The van der Waals surface area contributed by atoms with Crippen LogP contribution in [0.3, 0.4) is 0 Å². The van der Waals surface area contributed by atoms with E-state index in [1.54, 1.807) is 6.07 Å². The van der Waals surface area contributed by atoms with E-state index >= 15 is 0 Å². The number of Topliss-reactive ketones (excluding diaryl/α,β-unsaturated/α-hetero) is 1. The summed E-state index contributed by atoms with van der Waals surface area (Å²) in [5.74, 6) is -0.733. The fraction of sp³-hybridized carbons (Fsp3) is 0.409. The fourth-order valence-corrected chi connectivity index (χ4v) is 3.87. The number of phenols is 2. The lowest BCUT2D eigenvalue weighted by atomic mass is 9.95. The van der Waals surface area contributed by atoms with Gasteiger partial charge in [0, 0.05) is 12.1 Å². The zero-order valence-corrected chi connectivity index (χ0v) is 17.5. The van der Waals surface area contributed by atoms with Gasteiger partial charge in [0.2, 0.25) is 6.29 Å². The number of ketones is 1. The summed E-state index contributed by atoms with van der Waals surface area (Å²) in [5.41, 5.74) is 0.456. The monoisotopic (exact) mass is 464 g/mol. The molecule has 33 heavy (non-hydrogen) atoms. The van der Waals surface area contributed by atoms with Gasteiger partial charge in [-0.15, -0.1) is 0 Å². The van der Waals surface area contributed by atoms with Crippen molar-refractivity contribution >= 4 is 5.78 Å². The molecular formula is C22H24O11. The van der Waals surface area contributed by atoms with E-state index in [0.29, 0.717) is 5.56 Å². The maximum atomic E-state index is 12.7. The van der Waals surface area contributed by atoms with Gasteiger partial charge in [0.25, 0.3) is 0 Å². The minimum absolute atomic E-state index is 0.00569. The highest BCUT2D eigenvalue weighted by Gasteiger charge is 2.45. The van der Waals surface area contributed by atoms with E-state index in [0.717, 1.165) is 6.07 Å². The molecule has 0 amide bonds. The molecule has 4 rings (SSSR count). The van der Waals surface area contributed by atoms with E-state index in [4.69, 9.17) is 18.9 Å². The lowest BCUT2D eigenvalue weighted by molar-refractivity contribution is -0.277. The van der Waals surface area contributed by atoms with Crippen LogP contribution in [0.5, 0.6) is 28.7 Å². The van der Waals surface area contributed by atoms with Crippen molar-refractivity contribution in [2.45, 2.75) is 43.2 Å². The van der Waals surface area contributed by atoms with Gasteiger partial charge < -0.3 is 49.6 Å². The second kappa shape index (κ2) is 9.04. The van der Waals surface area contributed by atoms with Gasteiger partial charge >= 0.3 is 0 Å². The molecule has 2 heterocycles. The number of benzene rings is 2. The maximum absolute atomic E-state index is 12.7. The van der Waals surface area contributed by atoms with Gasteiger partial charge in [0.1, 0.15) is 53.3 Å². The third-order valence-corrected chi connectivity index (χ3v) is 5.65. The van der Waals surface area contributed by atoms with Crippen molar-refractivity contribution < 1.29 is 54.4 Å². The Bertz CT molecular complexity index is 1040. The van der Waals surface area contributed by atoms with E-state index in [9.17, 15) is 35.4 Å². The van der Waals surface area contributed by atoms with E-state index in [1.165, 1.54) is 25.3 Å². The van der Waals surface area contributed by atoms with Gasteiger partial charge in [-0.2, -0.15) is 0 Å². The molecule has 6 N–H and O–H groups in total. The minimum atomic E-state index is -1.65. The molecule has 2 aliphatic heterocycles. The molecule has 4 unspecified atom stereocenters. The summed E-state index contributed by atoms with van der Waals surface area (Å²) in [5, 5.41) is 59.7. The number of ether oxygens (including phenoxy) is 4. The number of hydrogen-bond donors (Lipinski definition) is 6. The number of aliphatic hydroxyl groups is 4. The average Bonchev–Trinajstić information content (AvgIpc) is 2.78. The number of methoxy groups -OCH3 is 1. The summed E-state index contributed by atoms with van der Waals surface area (Å²) >= 11 is 0. The van der Waals surface area contributed by atoms with Crippen LogP contribution in [0.1, 0.15) is 28.4 Å². The number of hydrogen-bond acceptors (Lipinski definition) is 11. The third kappa shape index (κ3) is 4.28. The van der Waals surface area contributed by atoms with Gasteiger partial charge in [-0.3, -0.25) is 4.79 Å². The fourth-order valence-electron chi connectivity index (χ4n) is 3.87. The third-order valence-electron chi connectivity index (χ3n) is 5.65. The summed E-state index contributed by atoms with van der Waals surface area (Å²) in [6.07, 6.45) is -8.35. The molecule has 11 heteroatoms. The van der Waals surface area contributed by atoms with E-state index in [2.05, 4.69) is 0 Å². The topological polar surface area (TPSA) is 175 Å². The Morgan fingerprint density at radius 1 is 1.03 bits per heavy atom. The Morgan fingerprint density at radius 2 is 1.79 bits per heavy atom. The zero-order chi connectivity index (χ0) is 23.9.